The first-order valence-corrected chi connectivity index (χ1v) is 7.05. The van der Waals surface area contributed by atoms with Crippen molar-refractivity contribution < 1.29 is 19.3 Å². The number of hydrogen-bond donors (Lipinski definition) is 1. The van der Waals surface area contributed by atoms with Crippen LogP contribution >= 0.6 is 11.6 Å². The SMILES string of the molecule is CCOc1cc(O)c2ccc(OCC(C)OC)c(Cl)c2n1. The summed E-state index contributed by atoms with van der Waals surface area (Å²) in [6.07, 6.45) is -0.0483. The molecule has 0 amide bonds. The van der Waals surface area contributed by atoms with Gasteiger partial charge in [0.05, 0.1) is 12.7 Å². The fourth-order valence-corrected chi connectivity index (χ4v) is 2.07. The predicted octanol–water partition coefficient (Wildman–Crippen LogP) is 3.41. The lowest BCUT2D eigenvalue weighted by atomic mass is 10.2. The molecule has 0 bridgehead atoms. The van der Waals surface area contributed by atoms with Gasteiger partial charge in [0.2, 0.25) is 5.88 Å². The Morgan fingerprint density at radius 3 is 2.76 bits per heavy atom. The number of fused-ring (bicyclic) bond motifs is 1. The van der Waals surface area contributed by atoms with Crippen molar-refractivity contribution in [3.63, 3.8) is 0 Å². The fraction of sp³-hybridized carbons (Fsp3) is 0.400. The quantitative estimate of drug-likeness (QED) is 0.886. The lowest BCUT2D eigenvalue weighted by molar-refractivity contribution is 0.0717. The van der Waals surface area contributed by atoms with Gasteiger partial charge in [0.25, 0.3) is 0 Å². The number of aromatic nitrogens is 1. The predicted molar refractivity (Wildman–Crippen MR) is 81.6 cm³/mol. The van der Waals surface area contributed by atoms with E-state index in [1.807, 2.05) is 13.8 Å². The Hall–Kier alpha value is -1.72. The first-order chi connectivity index (χ1) is 10.1. The largest absolute Gasteiger partial charge is 0.507 e. The van der Waals surface area contributed by atoms with Crippen molar-refractivity contribution in [2.75, 3.05) is 20.3 Å². The second-order valence-corrected chi connectivity index (χ2v) is 4.92. The molecule has 0 aliphatic heterocycles. The third kappa shape index (κ3) is 3.49. The molecule has 0 saturated heterocycles. The summed E-state index contributed by atoms with van der Waals surface area (Å²) in [7, 11) is 1.62. The number of nitrogens with zero attached hydrogens (tertiary/aromatic N) is 1. The van der Waals surface area contributed by atoms with E-state index in [1.54, 1.807) is 19.2 Å². The van der Waals surface area contributed by atoms with E-state index in [0.29, 0.717) is 40.8 Å². The van der Waals surface area contributed by atoms with E-state index in [0.717, 1.165) is 0 Å². The van der Waals surface area contributed by atoms with Gasteiger partial charge in [0, 0.05) is 18.6 Å². The Labute approximate surface area is 128 Å². The van der Waals surface area contributed by atoms with Crippen LogP contribution in [-0.2, 0) is 4.74 Å². The molecule has 1 unspecified atom stereocenters. The molecule has 0 saturated carbocycles. The van der Waals surface area contributed by atoms with Crippen LogP contribution < -0.4 is 9.47 Å². The maximum Gasteiger partial charge on any atom is 0.217 e. The van der Waals surface area contributed by atoms with Crippen LogP contribution in [0.4, 0.5) is 0 Å². The lowest BCUT2D eigenvalue weighted by Gasteiger charge is -2.14. The molecule has 0 spiro atoms. The summed E-state index contributed by atoms with van der Waals surface area (Å²) < 4.78 is 16.1. The van der Waals surface area contributed by atoms with E-state index in [-0.39, 0.29) is 11.9 Å². The van der Waals surface area contributed by atoms with E-state index in [9.17, 15) is 5.11 Å². The number of halogens is 1. The van der Waals surface area contributed by atoms with Gasteiger partial charge in [0.1, 0.15) is 28.6 Å². The zero-order valence-electron chi connectivity index (χ0n) is 12.2. The summed E-state index contributed by atoms with van der Waals surface area (Å²) in [4.78, 5) is 4.31. The third-order valence-corrected chi connectivity index (χ3v) is 3.37. The molecular formula is C15H18ClNO4. The van der Waals surface area contributed by atoms with Crippen molar-refractivity contribution in [2.24, 2.45) is 0 Å². The van der Waals surface area contributed by atoms with Crippen LogP contribution in [0.15, 0.2) is 18.2 Å². The molecule has 0 aliphatic carbocycles. The highest BCUT2D eigenvalue weighted by Gasteiger charge is 2.14. The van der Waals surface area contributed by atoms with Gasteiger partial charge in [-0.15, -0.1) is 0 Å². The van der Waals surface area contributed by atoms with Crippen molar-refractivity contribution in [3.8, 4) is 17.4 Å². The van der Waals surface area contributed by atoms with Gasteiger partial charge >= 0.3 is 0 Å². The molecule has 6 heteroatoms. The van der Waals surface area contributed by atoms with Crippen LogP contribution in [0, 0.1) is 0 Å². The second-order valence-electron chi connectivity index (χ2n) is 4.54. The van der Waals surface area contributed by atoms with Crippen LogP contribution in [0.3, 0.4) is 0 Å². The van der Waals surface area contributed by atoms with Gasteiger partial charge < -0.3 is 19.3 Å². The summed E-state index contributed by atoms with van der Waals surface area (Å²) in [5, 5.41) is 10.9. The number of hydrogen-bond acceptors (Lipinski definition) is 5. The van der Waals surface area contributed by atoms with Crippen molar-refractivity contribution in [1.29, 1.82) is 0 Å². The van der Waals surface area contributed by atoms with E-state index in [1.165, 1.54) is 6.07 Å². The summed E-state index contributed by atoms with van der Waals surface area (Å²) in [5.74, 6) is 0.891. The molecule has 1 atom stereocenters. The molecule has 5 nitrogen and oxygen atoms in total. The minimum absolute atomic E-state index is 0.0483. The van der Waals surface area contributed by atoms with Crippen LogP contribution in [0.1, 0.15) is 13.8 Å². The highest BCUT2D eigenvalue weighted by Crippen LogP contribution is 2.37. The van der Waals surface area contributed by atoms with E-state index in [2.05, 4.69) is 4.98 Å². The molecule has 2 rings (SSSR count). The Balaban J connectivity index is 2.39. The highest BCUT2D eigenvalue weighted by molar-refractivity contribution is 6.36. The first kappa shape index (κ1) is 15.7. The third-order valence-electron chi connectivity index (χ3n) is 3.01. The fourth-order valence-electron chi connectivity index (χ4n) is 1.81. The normalized spacial score (nSPS) is 12.4. The van der Waals surface area contributed by atoms with E-state index >= 15 is 0 Å². The second kappa shape index (κ2) is 6.83. The number of ether oxygens (including phenoxy) is 3. The van der Waals surface area contributed by atoms with Crippen LogP contribution in [0.25, 0.3) is 10.9 Å². The van der Waals surface area contributed by atoms with Crippen LogP contribution in [0.2, 0.25) is 5.02 Å². The van der Waals surface area contributed by atoms with Crippen LogP contribution in [-0.4, -0.2) is 36.5 Å². The molecule has 0 fully saturated rings. The molecule has 21 heavy (non-hydrogen) atoms. The van der Waals surface area contributed by atoms with Gasteiger partial charge in [-0.25, -0.2) is 4.98 Å². The minimum Gasteiger partial charge on any atom is -0.507 e. The van der Waals surface area contributed by atoms with Gasteiger partial charge in [0.15, 0.2) is 0 Å². The molecule has 1 heterocycles. The molecule has 1 aromatic carbocycles. The summed E-state index contributed by atoms with van der Waals surface area (Å²) >= 11 is 6.32. The first-order valence-electron chi connectivity index (χ1n) is 6.67. The number of pyridine rings is 1. The monoisotopic (exact) mass is 311 g/mol. The number of aromatic hydroxyl groups is 1. The maximum absolute atomic E-state index is 10.0. The number of methoxy groups -OCH3 is 1. The average molecular weight is 312 g/mol. The van der Waals surface area contributed by atoms with Crippen molar-refractivity contribution >= 4 is 22.5 Å². The molecule has 0 aliphatic rings. The van der Waals surface area contributed by atoms with Crippen LogP contribution in [0.5, 0.6) is 17.4 Å². The Morgan fingerprint density at radius 2 is 2.10 bits per heavy atom. The van der Waals surface area contributed by atoms with Crippen molar-refractivity contribution in [3.05, 3.63) is 23.2 Å². The summed E-state index contributed by atoms with van der Waals surface area (Å²) in [5.41, 5.74) is 0.447. The maximum atomic E-state index is 10.0. The Morgan fingerprint density at radius 1 is 1.33 bits per heavy atom. The van der Waals surface area contributed by atoms with E-state index in [4.69, 9.17) is 25.8 Å². The molecule has 2 aromatic rings. The van der Waals surface area contributed by atoms with Gasteiger partial charge in [-0.05, 0) is 26.0 Å². The van der Waals surface area contributed by atoms with E-state index < -0.39 is 0 Å². The molecule has 114 valence electrons. The molecule has 0 radical (unpaired) electrons. The zero-order valence-corrected chi connectivity index (χ0v) is 13.0. The summed E-state index contributed by atoms with van der Waals surface area (Å²) in [6.45, 7) is 4.57. The van der Waals surface area contributed by atoms with Gasteiger partial charge in [-0.2, -0.15) is 0 Å². The topological polar surface area (TPSA) is 60.8 Å². The van der Waals surface area contributed by atoms with Crippen molar-refractivity contribution in [1.82, 2.24) is 4.98 Å². The smallest absolute Gasteiger partial charge is 0.217 e. The number of rotatable bonds is 6. The Bertz CT molecular complexity index is 633. The summed E-state index contributed by atoms with van der Waals surface area (Å²) in [6, 6.07) is 4.89. The average Bonchev–Trinajstić information content (AvgIpc) is 2.47. The molecule has 1 N–H and O–H groups in total. The standard InChI is InChI=1S/C15H18ClNO4/c1-4-20-13-7-11(18)10-5-6-12(14(16)15(10)17-13)21-8-9(2)19-3/h5-7,9H,4,8H2,1-3H3,(H,17,18). The van der Waals surface area contributed by atoms with Gasteiger partial charge in [-0.3, -0.25) is 0 Å². The number of benzene rings is 1. The Kier molecular flexibility index (Phi) is 5.09. The van der Waals surface area contributed by atoms with Gasteiger partial charge in [-0.1, -0.05) is 11.6 Å². The lowest BCUT2D eigenvalue weighted by Crippen LogP contribution is -2.16. The zero-order chi connectivity index (χ0) is 15.4. The minimum atomic E-state index is -0.0483. The molecule has 1 aromatic heterocycles. The highest BCUT2D eigenvalue weighted by atomic mass is 35.5. The molecular weight excluding hydrogens is 294 g/mol. The van der Waals surface area contributed by atoms with Crippen molar-refractivity contribution in [2.45, 2.75) is 20.0 Å².